The van der Waals surface area contributed by atoms with Gasteiger partial charge in [0, 0.05) is 27.7 Å². The molecule has 0 bridgehead atoms. The Morgan fingerprint density at radius 3 is 1.89 bits per heavy atom. The minimum Gasteiger partial charge on any atom is -0.398 e. The molecule has 2 heteroatoms. The molecular weight excluding hydrogens is 328 g/mol. The number of aromatic nitrogens is 1. The number of hydrogen-bond donors (Lipinski definition) is 1. The van der Waals surface area contributed by atoms with Crippen molar-refractivity contribution in [1.29, 1.82) is 0 Å². The lowest BCUT2D eigenvalue weighted by Gasteiger charge is -2.14. The second kappa shape index (κ2) is 6.03. The summed E-state index contributed by atoms with van der Waals surface area (Å²) in [4.78, 5) is 0. The van der Waals surface area contributed by atoms with Gasteiger partial charge in [-0.25, -0.2) is 0 Å². The number of rotatable bonds is 2. The highest BCUT2D eigenvalue weighted by atomic mass is 15.0. The molecule has 0 saturated heterocycles. The van der Waals surface area contributed by atoms with Crippen molar-refractivity contribution in [3.8, 4) is 16.8 Å². The molecule has 0 fully saturated rings. The normalized spacial score (nSPS) is 11.3. The Kier molecular flexibility index (Phi) is 3.51. The van der Waals surface area contributed by atoms with E-state index in [2.05, 4.69) is 84.3 Å². The van der Waals surface area contributed by atoms with E-state index in [1.807, 2.05) is 18.2 Å². The Morgan fingerprint density at radius 1 is 0.630 bits per heavy atom. The first-order valence-corrected chi connectivity index (χ1v) is 9.18. The number of para-hydroxylation sites is 3. The van der Waals surface area contributed by atoms with Crippen LogP contribution >= 0.6 is 0 Å². The molecule has 0 spiro atoms. The monoisotopic (exact) mass is 348 g/mol. The van der Waals surface area contributed by atoms with Gasteiger partial charge < -0.3 is 10.3 Å². The van der Waals surface area contributed by atoms with Gasteiger partial charge in [-0.3, -0.25) is 0 Å². The highest BCUT2D eigenvalue weighted by Gasteiger charge is 2.13. The van der Waals surface area contributed by atoms with E-state index in [0.29, 0.717) is 0 Å². The predicted molar refractivity (Wildman–Crippen MR) is 115 cm³/mol. The third-order valence-electron chi connectivity index (χ3n) is 5.31. The SMILES string of the molecule is Cc1ccc(-n2c3ccccc3c3ccccc32)cc1-c1ccccc1N. The van der Waals surface area contributed by atoms with Crippen molar-refractivity contribution in [3.05, 3.63) is 96.6 Å². The molecule has 5 aromatic rings. The zero-order valence-corrected chi connectivity index (χ0v) is 15.2. The van der Waals surface area contributed by atoms with Crippen LogP contribution in [0.5, 0.6) is 0 Å². The molecule has 4 aromatic carbocycles. The van der Waals surface area contributed by atoms with E-state index in [9.17, 15) is 0 Å². The molecule has 2 N–H and O–H groups in total. The van der Waals surface area contributed by atoms with Crippen LogP contribution in [0.3, 0.4) is 0 Å². The van der Waals surface area contributed by atoms with Gasteiger partial charge in [0.05, 0.1) is 11.0 Å². The number of benzene rings is 4. The summed E-state index contributed by atoms with van der Waals surface area (Å²) in [5.74, 6) is 0. The van der Waals surface area contributed by atoms with Gasteiger partial charge >= 0.3 is 0 Å². The fourth-order valence-corrected chi connectivity index (χ4v) is 3.98. The quantitative estimate of drug-likeness (QED) is 0.371. The van der Waals surface area contributed by atoms with Crippen LogP contribution in [-0.4, -0.2) is 4.57 Å². The van der Waals surface area contributed by atoms with Crippen molar-refractivity contribution in [2.75, 3.05) is 5.73 Å². The van der Waals surface area contributed by atoms with Crippen molar-refractivity contribution in [1.82, 2.24) is 4.57 Å². The fourth-order valence-electron chi connectivity index (χ4n) is 3.98. The molecule has 0 radical (unpaired) electrons. The molecule has 0 atom stereocenters. The van der Waals surface area contributed by atoms with E-state index in [1.54, 1.807) is 0 Å². The maximum atomic E-state index is 6.26. The summed E-state index contributed by atoms with van der Waals surface area (Å²) in [7, 11) is 0. The molecule has 0 aliphatic rings. The van der Waals surface area contributed by atoms with Crippen molar-refractivity contribution < 1.29 is 0 Å². The average molecular weight is 348 g/mol. The van der Waals surface area contributed by atoms with E-state index < -0.39 is 0 Å². The minimum atomic E-state index is 0.806. The van der Waals surface area contributed by atoms with Crippen LogP contribution in [-0.2, 0) is 0 Å². The topological polar surface area (TPSA) is 30.9 Å². The van der Waals surface area contributed by atoms with Gasteiger partial charge in [0.2, 0.25) is 0 Å². The Bertz CT molecular complexity index is 1240. The van der Waals surface area contributed by atoms with E-state index in [1.165, 1.54) is 32.9 Å². The highest BCUT2D eigenvalue weighted by Crippen LogP contribution is 2.35. The number of anilines is 1. The minimum absolute atomic E-state index is 0.806. The van der Waals surface area contributed by atoms with Crippen LogP contribution in [0.4, 0.5) is 5.69 Å². The average Bonchev–Trinajstić information content (AvgIpc) is 3.04. The van der Waals surface area contributed by atoms with Gasteiger partial charge in [-0.15, -0.1) is 0 Å². The second-order valence-corrected chi connectivity index (χ2v) is 6.96. The predicted octanol–water partition coefficient (Wildman–Crippen LogP) is 6.34. The van der Waals surface area contributed by atoms with Gasteiger partial charge in [-0.2, -0.15) is 0 Å². The van der Waals surface area contributed by atoms with Crippen LogP contribution < -0.4 is 5.73 Å². The zero-order valence-electron chi connectivity index (χ0n) is 15.2. The van der Waals surface area contributed by atoms with Crippen molar-refractivity contribution >= 4 is 27.5 Å². The molecule has 0 unspecified atom stereocenters. The fraction of sp³-hybridized carbons (Fsp3) is 0.0400. The third kappa shape index (κ3) is 2.42. The molecule has 5 rings (SSSR count). The Morgan fingerprint density at radius 2 is 1.22 bits per heavy atom. The first kappa shape index (κ1) is 15.7. The smallest absolute Gasteiger partial charge is 0.0541 e. The van der Waals surface area contributed by atoms with Crippen LogP contribution in [0.2, 0.25) is 0 Å². The standard InChI is InChI=1S/C25H20N2/c1-17-14-15-18(16-22(17)19-8-2-5-11-23(19)26)27-24-12-6-3-9-20(24)21-10-4-7-13-25(21)27/h2-16H,26H2,1H3. The van der Waals surface area contributed by atoms with Crippen molar-refractivity contribution in [2.45, 2.75) is 6.92 Å². The van der Waals surface area contributed by atoms with Crippen LogP contribution in [0.1, 0.15) is 5.56 Å². The number of nitrogen functional groups attached to an aromatic ring is 1. The summed E-state index contributed by atoms with van der Waals surface area (Å²) in [5, 5.41) is 2.55. The van der Waals surface area contributed by atoms with E-state index in [0.717, 1.165) is 16.9 Å². The lowest BCUT2D eigenvalue weighted by atomic mass is 9.98. The number of hydrogen-bond acceptors (Lipinski definition) is 1. The molecule has 0 aliphatic carbocycles. The van der Waals surface area contributed by atoms with Gasteiger partial charge in [0.1, 0.15) is 0 Å². The summed E-state index contributed by atoms with van der Waals surface area (Å²) in [6.07, 6.45) is 0. The molecule has 27 heavy (non-hydrogen) atoms. The van der Waals surface area contributed by atoms with Gasteiger partial charge in [0.25, 0.3) is 0 Å². The van der Waals surface area contributed by atoms with Gasteiger partial charge in [-0.1, -0.05) is 60.7 Å². The number of fused-ring (bicyclic) bond motifs is 3. The Labute approximate surface area is 158 Å². The van der Waals surface area contributed by atoms with Crippen LogP contribution in [0.15, 0.2) is 91.0 Å². The van der Waals surface area contributed by atoms with E-state index >= 15 is 0 Å². The molecule has 1 aromatic heterocycles. The maximum absolute atomic E-state index is 6.26. The van der Waals surface area contributed by atoms with Gasteiger partial charge in [-0.05, 0) is 48.4 Å². The summed E-state index contributed by atoms with van der Waals surface area (Å²) < 4.78 is 2.34. The lowest BCUT2D eigenvalue weighted by Crippen LogP contribution is -1.97. The number of nitrogens with zero attached hydrogens (tertiary/aromatic N) is 1. The third-order valence-corrected chi connectivity index (χ3v) is 5.31. The van der Waals surface area contributed by atoms with Crippen LogP contribution in [0, 0.1) is 6.92 Å². The Balaban J connectivity index is 1.84. The molecule has 2 nitrogen and oxygen atoms in total. The summed E-state index contributed by atoms with van der Waals surface area (Å²) in [6.45, 7) is 2.14. The summed E-state index contributed by atoms with van der Waals surface area (Å²) in [5.41, 5.74) is 14.1. The highest BCUT2D eigenvalue weighted by molar-refractivity contribution is 6.09. The summed E-state index contributed by atoms with van der Waals surface area (Å²) >= 11 is 0. The van der Waals surface area contributed by atoms with E-state index in [4.69, 9.17) is 5.73 Å². The first-order chi connectivity index (χ1) is 13.2. The lowest BCUT2D eigenvalue weighted by molar-refractivity contribution is 1.18. The van der Waals surface area contributed by atoms with Crippen molar-refractivity contribution in [2.24, 2.45) is 0 Å². The second-order valence-electron chi connectivity index (χ2n) is 6.96. The number of aryl methyl sites for hydroxylation is 1. The van der Waals surface area contributed by atoms with Crippen molar-refractivity contribution in [3.63, 3.8) is 0 Å². The summed E-state index contributed by atoms with van der Waals surface area (Å²) in [6, 6.07) is 31.9. The Hall–Kier alpha value is -3.52. The van der Waals surface area contributed by atoms with Gasteiger partial charge in [0.15, 0.2) is 0 Å². The van der Waals surface area contributed by atoms with Crippen LogP contribution in [0.25, 0.3) is 38.6 Å². The maximum Gasteiger partial charge on any atom is 0.0541 e. The zero-order chi connectivity index (χ0) is 18.4. The first-order valence-electron chi connectivity index (χ1n) is 9.18. The molecular formula is C25H20N2. The molecule has 0 aliphatic heterocycles. The molecule has 130 valence electrons. The largest absolute Gasteiger partial charge is 0.398 e. The molecule has 0 saturated carbocycles. The molecule has 1 heterocycles. The molecule has 0 amide bonds. The van der Waals surface area contributed by atoms with E-state index in [-0.39, 0.29) is 0 Å². The number of nitrogens with two attached hydrogens (primary N) is 1.